The maximum Gasteiger partial charge on any atom is 0.0834 e. The number of halogens is 1. The molecule has 0 aliphatic carbocycles. The predicted molar refractivity (Wildman–Crippen MR) is 74.9 cm³/mol. The Bertz CT molecular complexity index is 388. The fourth-order valence-corrected chi connectivity index (χ4v) is 2.78. The smallest absolute Gasteiger partial charge is 0.0834 e. The molecule has 1 N–H and O–H groups in total. The fraction of sp³-hybridized carbons (Fsp3) is 0.769. The minimum absolute atomic E-state index is 0.353. The number of hydrogen-bond donors (Lipinski definition) is 1. The first-order valence-corrected chi connectivity index (χ1v) is 7.05. The lowest BCUT2D eigenvalue weighted by atomic mass is 9.92. The molecule has 0 spiro atoms. The molecule has 1 aliphatic heterocycles. The molecule has 0 saturated carbocycles. The largest absolute Gasteiger partial charge is 0.309 e. The van der Waals surface area contributed by atoms with E-state index in [0.29, 0.717) is 6.04 Å². The zero-order valence-electron chi connectivity index (χ0n) is 11.5. The third-order valence-corrected chi connectivity index (χ3v) is 3.88. The predicted octanol–water partition coefficient (Wildman–Crippen LogP) is 2.16. The molecule has 5 heteroatoms. The summed E-state index contributed by atoms with van der Waals surface area (Å²) in [4.78, 5) is 2.16. The van der Waals surface area contributed by atoms with Crippen LogP contribution in [0.3, 0.4) is 0 Å². The minimum Gasteiger partial charge on any atom is -0.309 e. The quantitative estimate of drug-likeness (QED) is 0.910. The Morgan fingerprint density at radius 3 is 3.00 bits per heavy atom. The molecular weight excluding hydrogens is 248 g/mol. The van der Waals surface area contributed by atoms with Crippen LogP contribution in [0.5, 0.6) is 0 Å². The molecule has 2 atom stereocenters. The summed E-state index contributed by atoms with van der Waals surface area (Å²) in [6.07, 6.45) is 4.17. The third-order valence-electron chi connectivity index (χ3n) is 3.59. The van der Waals surface area contributed by atoms with Gasteiger partial charge < -0.3 is 10.2 Å². The molecule has 1 aliphatic rings. The molecule has 0 bridgehead atoms. The molecule has 1 fully saturated rings. The fourth-order valence-electron chi connectivity index (χ4n) is 2.51. The van der Waals surface area contributed by atoms with Gasteiger partial charge in [0.2, 0.25) is 0 Å². The standard InChI is InChI=1S/C13H23ClN4/c1-10-4-5-15-12(8-10)13-11(14)9-16-18(13)7-6-17(2)3/h9-10,12,15H,4-8H2,1-3H3. The molecule has 2 rings (SSSR count). The lowest BCUT2D eigenvalue weighted by molar-refractivity contribution is 0.304. The maximum atomic E-state index is 6.30. The summed E-state index contributed by atoms with van der Waals surface area (Å²) in [5, 5.41) is 8.76. The Hall–Kier alpha value is -0.580. The average Bonchev–Trinajstić information content (AvgIpc) is 2.68. The van der Waals surface area contributed by atoms with Gasteiger partial charge in [0.25, 0.3) is 0 Å². The number of aromatic nitrogens is 2. The van der Waals surface area contributed by atoms with Crippen molar-refractivity contribution in [2.24, 2.45) is 5.92 Å². The van der Waals surface area contributed by atoms with Gasteiger partial charge in [-0.2, -0.15) is 5.10 Å². The first-order valence-electron chi connectivity index (χ1n) is 6.67. The monoisotopic (exact) mass is 270 g/mol. The lowest BCUT2D eigenvalue weighted by Crippen LogP contribution is -2.33. The van der Waals surface area contributed by atoms with Gasteiger partial charge in [-0.1, -0.05) is 18.5 Å². The molecule has 4 nitrogen and oxygen atoms in total. The second kappa shape index (κ2) is 6.04. The van der Waals surface area contributed by atoms with Crippen LogP contribution >= 0.6 is 11.6 Å². The van der Waals surface area contributed by atoms with Gasteiger partial charge >= 0.3 is 0 Å². The summed E-state index contributed by atoms with van der Waals surface area (Å²) in [5.41, 5.74) is 1.16. The summed E-state index contributed by atoms with van der Waals surface area (Å²) in [5.74, 6) is 0.754. The molecular formula is C13H23ClN4. The van der Waals surface area contributed by atoms with Crippen LogP contribution in [0.2, 0.25) is 5.02 Å². The second-order valence-corrected chi connectivity index (χ2v) is 5.95. The molecule has 1 aromatic heterocycles. The number of nitrogens with one attached hydrogen (secondary N) is 1. The van der Waals surface area contributed by atoms with Crippen molar-refractivity contribution >= 4 is 11.6 Å². The molecule has 0 amide bonds. The number of piperidine rings is 1. The topological polar surface area (TPSA) is 33.1 Å². The van der Waals surface area contributed by atoms with Gasteiger partial charge in [0.05, 0.1) is 29.5 Å². The third kappa shape index (κ3) is 3.25. The minimum atomic E-state index is 0.353. The molecule has 0 aromatic carbocycles. The average molecular weight is 271 g/mol. The SMILES string of the molecule is CC1CCNC(c2c(Cl)cnn2CCN(C)C)C1. The number of rotatable bonds is 4. The van der Waals surface area contributed by atoms with E-state index < -0.39 is 0 Å². The van der Waals surface area contributed by atoms with Crippen molar-refractivity contribution in [2.45, 2.75) is 32.4 Å². The van der Waals surface area contributed by atoms with Crippen molar-refractivity contribution in [1.29, 1.82) is 0 Å². The van der Waals surface area contributed by atoms with Gasteiger partial charge in [-0.3, -0.25) is 4.68 Å². The van der Waals surface area contributed by atoms with Crippen LogP contribution in [-0.2, 0) is 6.54 Å². The van der Waals surface area contributed by atoms with E-state index in [4.69, 9.17) is 11.6 Å². The zero-order valence-corrected chi connectivity index (χ0v) is 12.2. The van der Waals surface area contributed by atoms with E-state index >= 15 is 0 Å². The highest BCUT2D eigenvalue weighted by atomic mass is 35.5. The van der Waals surface area contributed by atoms with Crippen LogP contribution in [-0.4, -0.2) is 41.9 Å². The normalized spacial score (nSPS) is 24.7. The van der Waals surface area contributed by atoms with Gasteiger partial charge in [-0.15, -0.1) is 0 Å². The van der Waals surface area contributed by atoms with Crippen LogP contribution in [0.15, 0.2) is 6.20 Å². The highest BCUT2D eigenvalue weighted by Crippen LogP contribution is 2.31. The van der Waals surface area contributed by atoms with Crippen LogP contribution < -0.4 is 5.32 Å². The van der Waals surface area contributed by atoms with Crippen molar-refractivity contribution in [3.8, 4) is 0 Å². The molecule has 18 heavy (non-hydrogen) atoms. The Kier molecular flexibility index (Phi) is 4.65. The summed E-state index contributed by atoms with van der Waals surface area (Å²) in [6, 6.07) is 0.353. The highest BCUT2D eigenvalue weighted by molar-refractivity contribution is 6.31. The number of hydrogen-bond acceptors (Lipinski definition) is 3. The second-order valence-electron chi connectivity index (χ2n) is 5.54. The summed E-state index contributed by atoms with van der Waals surface area (Å²) < 4.78 is 2.05. The van der Waals surface area contributed by atoms with Crippen LogP contribution in [0.4, 0.5) is 0 Å². The van der Waals surface area contributed by atoms with E-state index in [-0.39, 0.29) is 0 Å². The van der Waals surface area contributed by atoms with Crippen LogP contribution in [0, 0.1) is 5.92 Å². The van der Waals surface area contributed by atoms with Crippen LogP contribution in [0.25, 0.3) is 0 Å². The van der Waals surface area contributed by atoms with E-state index in [0.717, 1.165) is 42.7 Å². The van der Waals surface area contributed by atoms with Gasteiger partial charge in [0.15, 0.2) is 0 Å². The van der Waals surface area contributed by atoms with Crippen molar-refractivity contribution in [3.63, 3.8) is 0 Å². The Balaban J connectivity index is 2.12. The molecule has 1 aromatic rings. The summed E-state index contributed by atoms with van der Waals surface area (Å²) >= 11 is 6.30. The van der Waals surface area contributed by atoms with E-state index in [1.54, 1.807) is 6.20 Å². The number of nitrogens with zero attached hydrogens (tertiary/aromatic N) is 3. The van der Waals surface area contributed by atoms with E-state index in [1.807, 2.05) is 0 Å². The van der Waals surface area contributed by atoms with Crippen molar-refractivity contribution in [3.05, 3.63) is 16.9 Å². The first kappa shape index (κ1) is 13.8. The summed E-state index contributed by atoms with van der Waals surface area (Å²) in [6.45, 7) is 5.25. The Morgan fingerprint density at radius 1 is 1.56 bits per heavy atom. The van der Waals surface area contributed by atoms with Gasteiger partial charge in [0.1, 0.15) is 0 Å². The zero-order chi connectivity index (χ0) is 13.1. The van der Waals surface area contributed by atoms with Crippen molar-refractivity contribution in [2.75, 3.05) is 27.2 Å². The van der Waals surface area contributed by atoms with Gasteiger partial charge in [-0.25, -0.2) is 0 Å². The van der Waals surface area contributed by atoms with Crippen LogP contribution in [0.1, 0.15) is 31.5 Å². The summed E-state index contributed by atoms with van der Waals surface area (Å²) in [7, 11) is 4.15. The lowest BCUT2D eigenvalue weighted by Gasteiger charge is -2.29. The number of likely N-dealkylation sites (N-methyl/N-ethyl adjacent to an activating group) is 1. The van der Waals surface area contributed by atoms with Crippen molar-refractivity contribution < 1.29 is 0 Å². The van der Waals surface area contributed by atoms with E-state index in [9.17, 15) is 0 Å². The Morgan fingerprint density at radius 2 is 2.33 bits per heavy atom. The maximum absolute atomic E-state index is 6.30. The molecule has 2 unspecified atom stereocenters. The van der Waals surface area contributed by atoms with Gasteiger partial charge in [-0.05, 0) is 39.4 Å². The van der Waals surface area contributed by atoms with Gasteiger partial charge in [0, 0.05) is 6.54 Å². The molecule has 102 valence electrons. The Labute approximate surface area is 114 Å². The van der Waals surface area contributed by atoms with Crippen molar-refractivity contribution in [1.82, 2.24) is 20.0 Å². The molecule has 2 heterocycles. The van der Waals surface area contributed by atoms with E-state index in [2.05, 4.69) is 41.0 Å². The molecule has 1 saturated heterocycles. The highest BCUT2D eigenvalue weighted by Gasteiger charge is 2.25. The molecule has 0 radical (unpaired) electrons. The van der Waals surface area contributed by atoms with E-state index in [1.165, 1.54) is 6.42 Å². The first-order chi connectivity index (χ1) is 8.58.